The number of nitrogen functional groups attached to an aromatic ring is 1. The van der Waals surface area contributed by atoms with E-state index in [0.717, 1.165) is 30.2 Å². The maximum atomic E-state index is 5.85. The number of likely N-dealkylation sites (N-methyl/N-ethyl adjacent to an activating group) is 1. The summed E-state index contributed by atoms with van der Waals surface area (Å²) in [4.78, 5) is 10.5. The minimum atomic E-state index is 0.279. The van der Waals surface area contributed by atoms with Crippen molar-refractivity contribution in [1.82, 2.24) is 9.97 Å². The highest BCUT2D eigenvalue weighted by molar-refractivity contribution is 5.65. The molecule has 0 atom stereocenters. The number of fused-ring (bicyclic) bond motifs is 1. The molecule has 0 aromatic carbocycles. The van der Waals surface area contributed by atoms with Gasteiger partial charge in [-0.2, -0.15) is 9.97 Å². The normalized spacial score (nSPS) is 14.2. The summed E-state index contributed by atoms with van der Waals surface area (Å²) < 4.78 is 0. The third kappa shape index (κ3) is 1.56. The third-order valence-corrected chi connectivity index (χ3v) is 2.65. The second-order valence-electron chi connectivity index (χ2n) is 3.67. The molecular weight excluding hydrogens is 192 g/mol. The molecule has 2 rings (SSSR count). The summed E-state index contributed by atoms with van der Waals surface area (Å²) in [6.07, 6.45) is 0.926. The Bertz CT molecular complexity index is 377. The molecule has 2 heterocycles. The highest BCUT2D eigenvalue weighted by Crippen LogP contribution is 2.31. The van der Waals surface area contributed by atoms with E-state index in [0.29, 0.717) is 6.54 Å². The van der Waals surface area contributed by atoms with Crippen LogP contribution in [0.15, 0.2) is 0 Å². The average molecular weight is 208 g/mol. The van der Waals surface area contributed by atoms with Crippen LogP contribution in [0.4, 0.5) is 17.6 Å². The molecule has 1 aromatic rings. The van der Waals surface area contributed by atoms with Crippen LogP contribution in [0.5, 0.6) is 0 Å². The van der Waals surface area contributed by atoms with E-state index in [4.69, 9.17) is 11.6 Å². The van der Waals surface area contributed by atoms with Crippen molar-refractivity contribution in [2.24, 2.45) is 5.84 Å². The second kappa shape index (κ2) is 3.54. The van der Waals surface area contributed by atoms with Crippen LogP contribution in [0.3, 0.4) is 0 Å². The van der Waals surface area contributed by atoms with Crippen LogP contribution >= 0.6 is 0 Å². The van der Waals surface area contributed by atoms with Gasteiger partial charge < -0.3 is 10.6 Å². The van der Waals surface area contributed by atoms with Gasteiger partial charge in [-0.1, -0.05) is 0 Å². The first-order valence-electron chi connectivity index (χ1n) is 5.03. The summed E-state index contributed by atoms with van der Waals surface area (Å²) >= 11 is 0. The quantitative estimate of drug-likeness (QED) is 0.515. The maximum Gasteiger partial charge on any atom is 0.224 e. The molecule has 0 saturated carbocycles. The topological polar surface area (TPSA) is 84.3 Å². The summed E-state index contributed by atoms with van der Waals surface area (Å²) in [7, 11) is 1.99. The number of nitrogens with two attached hydrogens (primary N) is 2. The van der Waals surface area contributed by atoms with Crippen molar-refractivity contribution < 1.29 is 0 Å². The Kier molecular flexibility index (Phi) is 2.36. The van der Waals surface area contributed by atoms with Gasteiger partial charge in [-0.3, -0.25) is 5.01 Å². The van der Waals surface area contributed by atoms with Gasteiger partial charge in [-0.25, -0.2) is 5.84 Å². The third-order valence-electron chi connectivity index (χ3n) is 2.65. The number of aromatic nitrogens is 2. The Labute approximate surface area is 88.9 Å². The van der Waals surface area contributed by atoms with E-state index >= 15 is 0 Å². The molecule has 1 aliphatic heterocycles. The lowest BCUT2D eigenvalue weighted by atomic mass is 10.2. The van der Waals surface area contributed by atoms with Crippen molar-refractivity contribution in [3.8, 4) is 0 Å². The molecule has 0 amide bonds. The maximum absolute atomic E-state index is 5.85. The van der Waals surface area contributed by atoms with E-state index in [9.17, 15) is 0 Å². The Morgan fingerprint density at radius 3 is 2.87 bits per heavy atom. The van der Waals surface area contributed by atoms with Gasteiger partial charge in [-0.15, -0.1) is 0 Å². The van der Waals surface area contributed by atoms with Gasteiger partial charge in [0, 0.05) is 25.7 Å². The molecule has 6 nitrogen and oxygen atoms in total. The van der Waals surface area contributed by atoms with Crippen LogP contribution in [0.1, 0.15) is 12.5 Å². The Balaban J connectivity index is 2.51. The van der Waals surface area contributed by atoms with Crippen LogP contribution in [-0.4, -0.2) is 30.1 Å². The van der Waals surface area contributed by atoms with E-state index in [-0.39, 0.29) is 5.95 Å². The predicted octanol–water partition coefficient (Wildman–Crippen LogP) is -0.249. The highest BCUT2D eigenvalue weighted by Gasteiger charge is 2.24. The first-order chi connectivity index (χ1) is 7.13. The fraction of sp³-hybridized carbons (Fsp3) is 0.556. The SMILES string of the molecule is CCN(N)c1nc(N)nc2c1CCN2C. The number of hydrogen-bond donors (Lipinski definition) is 2. The summed E-state index contributed by atoms with van der Waals surface area (Å²) in [5.74, 6) is 7.79. The lowest BCUT2D eigenvalue weighted by Gasteiger charge is -2.19. The molecule has 1 aliphatic rings. The van der Waals surface area contributed by atoms with Crippen molar-refractivity contribution in [2.75, 3.05) is 35.8 Å². The summed E-state index contributed by atoms with van der Waals surface area (Å²) in [6.45, 7) is 3.62. The molecular formula is C9H16N6. The zero-order valence-corrected chi connectivity index (χ0v) is 9.06. The lowest BCUT2D eigenvalue weighted by Crippen LogP contribution is -2.32. The van der Waals surface area contributed by atoms with Crippen LogP contribution in [0, 0.1) is 0 Å². The highest BCUT2D eigenvalue weighted by atomic mass is 15.4. The van der Waals surface area contributed by atoms with Crippen LogP contribution in [-0.2, 0) is 6.42 Å². The van der Waals surface area contributed by atoms with E-state index < -0.39 is 0 Å². The average Bonchev–Trinajstić information content (AvgIpc) is 2.58. The summed E-state index contributed by atoms with van der Waals surface area (Å²) in [5.41, 5.74) is 6.75. The minimum absolute atomic E-state index is 0.279. The zero-order chi connectivity index (χ0) is 11.0. The number of hydrazine groups is 1. The fourth-order valence-electron chi connectivity index (χ4n) is 1.79. The van der Waals surface area contributed by atoms with Crippen molar-refractivity contribution in [1.29, 1.82) is 0 Å². The molecule has 0 aliphatic carbocycles. The summed E-state index contributed by atoms with van der Waals surface area (Å²) in [5, 5.41) is 1.61. The standard InChI is InChI=1S/C9H16N6/c1-3-15(11)8-6-4-5-14(2)7(6)12-9(10)13-8/h3-5,11H2,1-2H3,(H2,10,12,13). The molecule has 6 heteroatoms. The first kappa shape index (κ1) is 9.97. The number of anilines is 3. The molecule has 0 spiro atoms. The number of hydrogen-bond acceptors (Lipinski definition) is 6. The van der Waals surface area contributed by atoms with Gasteiger partial charge in [0.1, 0.15) is 5.82 Å². The molecule has 1 aromatic heterocycles. The molecule has 0 unspecified atom stereocenters. The second-order valence-corrected chi connectivity index (χ2v) is 3.67. The van der Waals surface area contributed by atoms with Crippen LogP contribution in [0.25, 0.3) is 0 Å². The zero-order valence-electron chi connectivity index (χ0n) is 9.06. The van der Waals surface area contributed by atoms with Crippen molar-refractivity contribution in [2.45, 2.75) is 13.3 Å². The van der Waals surface area contributed by atoms with Gasteiger partial charge in [0.25, 0.3) is 0 Å². The molecule has 15 heavy (non-hydrogen) atoms. The van der Waals surface area contributed by atoms with Gasteiger partial charge in [0.15, 0.2) is 5.82 Å². The summed E-state index contributed by atoms with van der Waals surface area (Å²) in [6, 6.07) is 0. The largest absolute Gasteiger partial charge is 0.368 e. The van der Waals surface area contributed by atoms with Crippen molar-refractivity contribution >= 4 is 17.6 Å². The van der Waals surface area contributed by atoms with Crippen molar-refractivity contribution in [3.63, 3.8) is 0 Å². The van der Waals surface area contributed by atoms with Gasteiger partial charge in [-0.05, 0) is 13.3 Å². The van der Waals surface area contributed by atoms with E-state index in [1.165, 1.54) is 0 Å². The van der Waals surface area contributed by atoms with Crippen LogP contribution in [0.2, 0.25) is 0 Å². The fourth-order valence-corrected chi connectivity index (χ4v) is 1.79. The molecule has 82 valence electrons. The van der Waals surface area contributed by atoms with Crippen molar-refractivity contribution in [3.05, 3.63) is 5.56 Å². The number of rotatable bonds is 2. The lowest BCUT2D eigenvalue weighted by molar-refractivity contribution is 0.854. The molecule has 0 bridgehead atoms. The van der Waals surface area contributed by atoms with Gasteiger partial charge in [0.2, 0.25) is 5.95 Å². The van der Waals surface area contributed by atoms with Gasteiger partial charge >= 0.3 is 0 Å². The van der Waals surface area contributed by atoms with Crippen LogP contribution < -0.4 is 21.5 Å². The Hall–Kier alpha value is -1.56. The first-order valence-corrected chi connectivity index (χ1v) is 5.03. The minimum Gasteiger partial charge on any atom is -0.368 e. The Morgan fingerprint density at radius 1 is 1.47 bits per heavy atom. The monoisotopic (exact) mass is 208 g/mol. The molecule has 0 fully saturated rings. The number of nitrogens with zero attached hydrogens (tertiary/aromatic N) is 4. The Morgan fingerprint density at radius 2 is 2.20 bits per heavy atom. The smallest absolute Gasteiger partial charge is 0.224 e. The van der Waals surface area contributed by atoms with E-state index in [1.54, 1.807) is 5.01 Å². The van der Waals surface area contributed by atoms with E-state index in [2.05, 4.69) is 14.9 Å². The van der Waals surface area contributed by atoms with E-state index in [1.807, 2.05) is 14.0 Å². The van der Waals surface area contributed by atoms with Gasteiger partial charge in [0.05, 0.1) is 0 Å². The predicted molar refractivity (Wildman–Crippen MR) is 60.6 cm³/mol. The molecule has 0 radical (unpaired) electrons. The molecule has 0 saturated heterocycles. The molecule has 4 N–H and O–H groups in total.